The molecule has 0 aromatic heterocycles. The summed E-state index contributed by atoms with van der Waals surface area (Å²) in [5.41, 5.74) is -0.454. The van der Waals surface area contributed by atoms with Crippen LogP contribution in [0.2, 0.25) is 0 Å². The highest BCUT2D eigenvalue weighted by molar-refractivity contribution is 5.82. The quantitative estimate of drug-likeness (QED) is 0.738. The van der Waals surface area contributed by atoms with Gasteiger partial charge in [0.2, 0.25) is 0 Å². The van der Waals surface area contributed by atoms with Gasteiger partial charge in [-0.05, 0) is 33.1 Å². The zero-order chi connectivity index (χ0) is 18.4. The van der Waals surface area contributed by atoms with Crippen LogP contribution in [0.1, 0.15) is 41.0 Å². The Bertz CT molecular complexity index is 473. The lowest BCUT2D eigenvalue weighted by molar-refractivity contribution is 0.0137. The second kappa shape index (κ2) is 8.74. The van der Waals surface area contributed by atoms with Crippen molar-refractivity contribution >= 4 is 12.1 Å². The van der Waals surface area contributed by atoms with Crippen LogP contribution in [-0.2, 0) is 9.47 Å². The van der Waals surface area contributed by atoms with Crippen molar-refractivity contribution in [1.29, 1.82) is 0 Å². The first-order valence-electron chi connectivity index (χ1n) is 9.37. The van der Waals surface area contributed by atoms with E-state index in [0.717, 1.165) is 45.2 Å². The zero-order valence-electron chi connectivity index (χ0n) is 16.4. The third kappa shape index (κ3) is 6.38. The minimum Gasteiger partial charge on any atom is -0.444 e. The third-order valence-electron chi connectivity index (χ3n) is 4.06. The van der Waals surface area contributed by atoms with E-state index in [1.807, 2.05) is 20.8 Å². The smallest absolute Gasteiger partial charge is 0.410 e. The molecule has 0 saturated carbocycles. The second-order valence-corrected chi connectivity index (χ2v) is 8.19. The Hall–Kier alpha value is -1.50. The van der Waals surface area contributed by atoms with Crippen molar-refractivity contribution in [2.45, 2.75) is 52.7 Å². The van der Waals surface area contributed by atoms with Gasteiger partial charge in [-0.25, -0.2) is 4.79 Å². The normalized spacial score (nSPS) is 20.6. The standard InChI is InChI=1S/C18H34N4O3/c1-14(2)13-24-10-6-7-19-16-20-11-15-12-21(8-9-22(15)16)17(23)25-18(3,4)5/h14-15H,6-13H2,1-5H3,(H,19,20). The molecular formula is C18H34N4O3. The monoisotopic (exact) mass is 354 g/mol. The maximum Gasteiger partial charge on any atom is 0.410 e. The Morgan fingerprint density at radius 3 is 2.80 bits per heavy atom. The molecule has 7 nitrogen and oxygen atoms in total. The van der Waals surface area contributed by atoms with Gasteiger partial charge in [0, 0.05) is 39.4 Å². The number of hydrogen-bond acceptors (Lipinski definition) is 6. The Morgan fingerprint density at radius 2 is 2.12 bits per heavy atom. The molecule has 2 heterocycles. The summed E-state index contributed by atoms with van der Waals surface area (Å²) in [6, 6.07) is 0.251. The molecule has 1 amide bonds. The summed E-state index contributed by atoms with van der Waals surface area (Å²) in [7, 11) is 0. The number of nitrogens with zero attached hydrogens (tertiary/aromatic N) is 3. The van der Waals surface area contributed by atoms with Gasteiger partial charge in [0.15, 0.2) is 5.96 Å². The molecule has 7 heteroatoms. The van der Waals surface area contributed by atoms with Crippen LogP contribution in [0.3, 0.4) is 0 Å². The molecule has 0 radical (unpaired) electrons. The van der Waals surface area contributed by atoms with Crippen LogP contribution in [0.15, 0.2) is 4.99 Å². The van der Waals surface area contributed by atoms with Gasteiger partial charge in [-0.1, -0.05) is 13.8 Å². The first-order chi connectivity index (χ1) is 11.8. The summed E-state index contributed by atoms with van der Waals surface area (Å²) in [5.74, 6) is 1.53. The van der Waals surface area contributed by atoms with Gasteiger partial charge in [0.25, 0.3) is 0 Å². The first kappa shape index (κ1) is 19.8. The summed E-state index contributed by atoms with van der Waals surface area (Å²) >= 11 is 0. The molecule has 144 valence electrons. The number of aliphatic imine (C=N–C) groups is 1. The van der Waals surface area contributed by atoms with Gasteiger partial charge in [-0.3, -0.25) is 4.99 Å². The Balaban J connectivity index is 1.68. The fourth-order valence-corrected chi connectivity index (χ4v) is 2.92. The van der Waals surface area contributed by atoms with Gasteiger partial charge in [-0.15, -0.1) is 0 Å². The molecule has 1 N–H and O–H groups in total. The predicted molar refractivity (Wildman–Crippen MR) is 98.9 cm³/mol. The Kier molecular flexibility index (Phi) is 6.93. The highest BCUT2D eigenvalue weighted by atomic mass is 16.6. The number of carbonyl (C=O) groups is 1. The number of rotatable bonds is 6. The number of ether oxygens (including phenoxy) is 2. The molecule has 1 unspecified atom stereocenters. The summed E-state index contributed by atoms with van der Waals surface area (Å²) in [5, 5.41) is 3.41. The Labute approximate surface area is 151 Å². The number of fused-ring (bicyclic) bond motifs is 1. The van der Waals surface area contributed by atoms with E-state index in [1.165, 1.54) is 0 Å². The van der Waals surface area contributed by atoms with E-state index >= 15 is 0 Å². The fraction of sp³-hybridized carbons (Fsp3) is 0.889. The van der Waals surface area contributed by atoms with E-state index in [-0.39, 0.29) is 12.1 Å². The molecule has 0 aromatic rings. The number of piperazine rings is 1. The van der Waals surface area contributed by atoms with Gasteiger partial charge in [0.05, 0.1) is 12.6 Å². The molecule has 0 aromatic carbocycles. The van der Waals surface area contributed by atoms with E-state index in [2.05, 4.69) is 29.1 Å². The SMILES string of the molecule is CC(C)COCCCNC1=NCC2CN(C(=O)OC(C)(C)C)CCN12. The zero-order valence-corrected chi connectivity index (χ0v) is 16.4. The number of amides is 1. The highest BCUT2D eigenvalue weighted by Crippen LogP contribution is 2.18. The third-order valence-corrected chi connectivity index (χ3v) is 4.06. The average molecular weight is 354 g/mol. The molecule has 2 aliphatic heterocycles. The van der Waals surface area contributed by atoms with Crippen molar-refractivity contribution in [3.63, 3.8) is 0 Å². The van der Waals surface area contributed by atoms with Gasteiger partial charge in [-0.2, -0.15) is 0 Å². The highest BCUT2D eigenvalue weighted by Gasteiger charge is 2.36. The first-order valence-corrected chi connectivity index (χ1v) is 9.37. The topological polar surface area (TPSA) is 66.4 Å². The predicted octanol–water partition coefficient (Wildman–Crippen LogP) is 1.93. The summed E-state index contributed by atoms with van der Waals surface area (Å²) < 4.78 is 11.1. The molecule has 0 spiro atoms. The molecular weight excluding hydrogens is 320 g/mol. The maximum atomic E-state index is 12.2. The lowest BCUT2D eigenvalue weighted by atomic mass is 10.2. The molecule has 1 atom stereocenters. The summed E-state index contributed by atoms with van der Waals surface area (Å²) in [4.78, 5) is 20.9. The number of hydrogen-bond donors (Lipinski definition) is 1. The largest absolute Gasteiger partial charge is 0.444 e. The van der Waals surface area contributed by atoms with Crippen molar-refractivity contribution in [2.75, 3.05) is 45.9 Å². The Morgan fingerprint density at radius 1 is 1.36 bits per heavy atom. The van der Waals surface area contributed by atoms with Crippen molar-refractivity contribution < 1.29 is 14.3 Å². The number of carbonyl (C=O) groups excluding carboxylic acids is 1. The minimum atomic E-state index is -0.454. The van der Waals surface area contributed by atoms with Crippen LogP contribution in [0, 0.1) is 5.92 Å². The fourth-order valence-electron chi connectivity index (χ4n) is 2.92. The average Bonchev–Trinajstić information content (AvgIpc) is 2.91. The second-order valence-electron chi connectivity index (χ2n) is 8.19. The summed E-state index contributed by atoms with van der Waals surface area (Å²) in [6.07, 6.45) is 0.740. The van der Waals surface area contributed by atoms with E-state index in [9.17, 15) is 4.79 Å². The van der Waals surface area contributed by atoms with Gasteiger partial charge in [0.1, 0.15) is 5.60 Å². The van der Waals surface area contributed by atoms with E-state index in [0.29, 0.717) is 19.0 Å². The molecule has 0 bridgehead atoms. The van der Waals surface area contributed by atoms with E-state index < -0.39 is 5.60 Å². The van der Waals surface area contributed by atoms with Crippen molar-refractivity contribution in [3.8, 4) is 0 Å². The van der Waals surface area contributed by atoms with Crippen LogP contribution in [-0.4, -0.2) is 79.4 Å². The molecule has 1 saturated heterocycles. The van der Waals surface area contributed by atoms with Crippen molar-refractivity contribution in [2.24, 2.45) is 10.9 Å². The number of guanidine groups is 1. The summed E-state index contributed by atoms with van der Waals surface area (Å²) in [6.45, 7) is 15.3. The minimum absolute atomic E-state index is 0.226. The maximum absolute atomic E-state index is 12.2. The van der Waals surface area contributed by atoms with Crippen LogP contribution in [0.5, 0.6) is 0 Å². The number of nitrogens with one attached hydrogen (secondary N) is 1. The molecule has 1 fully saturated rings. The van der Waals surface area contributed by atoms with E-state index in [1.54, 1.807) is 4.90 Å². The molecule has 2 aliphatic rings. The lowest BCUT2D eigenvalue weighted by Crippen LogP contribution is -2.57. The van der Waals surface area contributed by atoms with Crippen molar-refractivity contribution in [3.05, 3.63) is 0 Å². The van der Waals surface area contributed by atoms with Crippen LogP contribution < -0.4 is 5.32 Å². The molecule has 0 aliphatic carbocycles. The van der Waals surface area contributed by atoms with Crippen LogP contribution in [0.4, 0.5) is 4.79 Å². The molecule has 2 rings (SSSR count). The molecule has 25 heavy (non-hydrogen) atoms. The van der Waals surface area contributed by atoms with Crippen LogP contribution in [0.25, 0.3) is 0 Å². The van der Waals surface area contributed by atoms with Crippen molar-refractivity contribution in [1.82, 2.24) is 15.1 Å². The lowest BCUT2D eigenvalue weighted by Gasteiger charge is -2.39. The van der Waals surface area contributed by atoms with Gasteiger partial charge < -0.3 is 24.6 Å². The van der Waals surface area contributed by atoms with Gasteiger partial charge >= 0.3 is 6.09 Å². The van der Waals surface area contributed by atoms with Crippen LogP contribution >= 0.6 is 0 Å². The van der Waals surface area contributed by atoms with E-state index in [4.69, 9.17) is 9.47 Å².